The van der Waals surface area contributed by atoms with Crippen LogP contribution in [-0.2, 0) is 48.2 Å². The molecule has 206 valence electrons. The predicted molar refractivity (Wildman–Crippen MR) is 151 cm³/mol. The van der Waals surface area contributed by atoms with Crippen molar-refractivity contribution in [3.05, 3.63) is 133 Å². The highest BCUT2D eigenvalue weighted by Gasteiger charge is 2.49. The van der Waals surface area contributed by atoms with E-state index in [9.17, 15) is 0 Å². The third-order valence-corrected chi connectivity index (χ3v) is 6.34. The fourth-order valence-corrected chi connectivity index (χ4v) is 4.45. The fraction of sp³-hybridized carbons (Fsp3) is 0.333. The highest BCUT2D eigenvalue weighted by molar-refractivity contribution is 5.15. The maximum Gasteiger partial charge on any atom is 0.187 e. The molecule has 0 bridgehead atoms. The van der Waals surface area contributed by atoms with Gasteiger partial charge in [-0.1, -0.05) is 103 Å². The second-order valence-corrected chi connectivity index (χ2v) is 9.27. The number of ether oxygens (including phenoxy) is 6. The third-order valence-electron chi connectivity index (χ3n) is 6.34. The Hall–Kier alpha value is -3.10. The minimum absolute atomic E-state index is 0.288. The fourth-order valence-electron chi connectivity index (χ4n) is 4.45. The van der Waals surface area contributed by atoms with E-state index in [1.165, 1.54) is 0 Å². The monoisotopic (exact) mass is 530 g/mol. The van der Waals surface area contributed by atoms with Gasteiger partial charge >= 0.3 is 0 Å². The Morgan fingerprint density at radius 2 is 1.05 bits per heavy atom. The van der Waals surface area contributed by atoms with Crippen LogP contribution in [0.15, 0.2) is 116 Å². The molecule has 1 fully saturated rings. The van der Waals surface area contributed by atoms with Gasteiger partial charge in [0.25, 0.3) is 0 Å². The molecule has 3 aromatic rings. The van der Waals surface area contributed by atoms with Crippen molar-refractivity contribution in [1.29, 1.82) is 0 Å². The third kappa shape index (κ3) is 8.97. The summed E-state index contributed by atoms with van der Waals surface area (Å²) in [4.78, 5) is 0. The molecule has 0 spiro atoms. The van der Waals surface area contributed by atoms with Gasteiger partial charge in [-0.05, 0) is 16.7 Å². The Bertz CT molecular complexity index is 1090. The van der Waals surface area contributed by atoms with E-state index in [-0.39, 0.29) is 6.61 Å². The molecule has 6 heteroatoms. The van der Waals surface area contributed by atoms with E-state index < -0.39 is 30.7 Å². The van der Waals surface area contributed by atoms with Crippen molar-refractivity contribution >= 4 is 0 Å². The zero-order chi connectivity index (χ0) is 27.1. The van der Waals surface area contributed by atoms with Gasteiger partial charge in [0.15, 0.2) is 6.29 Å². The summed E-state index contributed by atoms with van der Waals surface area (Å²) < 4.78 is 38.0. The van der Waals surface area contributed by atoms with Gasteiger partial charge in [0.1, 0.15) is 24.4 Å². The molecule has 6 nitrogen and oxygen atoms in total. The number of hydrogen-bond donors (Lipinski definition) is 0. The highest BCUT2D eigenvalue weighted by atomic mass is 16.7. The molecule has 1 aliphatic heterocycles. The van der Waals surface area contributed by atoms with E-state index in [2.05, 4.69) is 13.2 Å². The maximum absolute atomic E-state index is 6.53. The van der Waals surface area contributed by atoms with Crippen molar-refractivity contribution in [3.8, 4) is 0 Å². The first-order valence-corrected chi connectivity index (χ1v) is 13.3. The van der Waals surface area contributed by atoms with Gasteiger partial charge in [0.2, 0.25) is 0 Å². The maximum atomic E-state index is 6.53. The van der Waals surface area contributed by atoms with Crippen LogP contribution in [0.4, 0.5) is 0 Å². The molecule has 0 aliphatic carbocycles. The predicted octanol–water partition coefficient (Wildman–Crippen LogP) is 5.87. The van der Waals surface area contributed by atoms with Crippen LogP contribution in [-0.4, -0.2) is 50.5 Å². The topological polar surface area (TPSA) is 55.4 Å². The van der Waals surface area contributed by atoms with Crippen molar-refractivity contribution in [3.63, 3.8) is 0 Å². The summed E-state index contributed by atoms with van der Waals surface area (Å²) >= 11 is 0. The first kappa shape index (κ1) is 28.9. The zero-order valence-corrected chi connectivity index (χ0v) is 22.3. The summed E-state index contributed by atoms with van der Waals surface area (Å²) in [5, 5.41) is 0. The second-order valence-electron chi connectivity index (χ2n) is 9.27. The van der Waals surface area contributed by atoms with Crippen molar-refractivity contribution < 1.29 is 28.4 Å². The van der Waals surface area contributed by atoms with E-state index in [0.29, 0.717) is 33.0 Å². The van der Waals surface area contributed by atoms with Gasteiger partial charge in [0.05, 0.1) is 39.6 Å². The van der Waals surface area contributed by atoms with Crippen molar-refractivity contribution in [2.75, 3.05) is 19.8 Å². The molecule has 39 heavy (non-hydrogen) atoms. The normalized spacial score (nSPS) is 22.8. The minimum atomic E-state index is -0.711. The summed E-state index contributed by atoms with van der Waals surface area (Å²) in [7, 11) is 0. The summed E-state index contributed by atoms with van der Waals surface area (Å²) in [5.74, 6) is 0. The van der Waals surface area contributed by atoms with Gasteiger partial charge in [-0.25, -0.2) is 0 Å². The van der Waals surface area contributed by atoms with Crippen LogP contribution in [0, 0.1) is 0 Å². The molecule has 4 rings (SSSR count). The molecule has 5 atom stereocenters. The SMILES string of the molecule is C=CCOC[C@H]1O[C@@H](OCc2ccccc2)[C@H](OCc2ccccc2)[C@@H](OCC=C)[C@H]1OCc1ccccc1. The first-order valence-electron chi connectivity index (χ1n) is 13.3. The zero-order valence-electron chi connectivity index (χ0n) is 22.3. The van der Waals surface area contributed by atoms with Crippen molar-refractivity contribution in [2.24, 2.45) is 0 Å². The number of benzene rings is 3. The van der Waals surface area contributed by atoms with Crippen LogP contribution in [0.25, 0.3) is 0 Å². The molecule has 1 heterocycles. The minimum Gasteiger partial charge on any atom is -0.375 e. The van der Waals surface area contributed by atoms with E-state index >= 15 is 0 Å². The summed E-state index contributed by atoms with van der Waals surface area (Å²) in [5.41, 5.74) is 3.13. The molecular weight excluding hydrogens is 492 g/mol. The van der Waals surface area contributed by atoms with Crippen LogP contribution in [0.5, 0.6) is 0 Å². The Kier molecular flexibility index (Phi) is 11.9. The Balaban J connectivity index is 1.60. The first-order chi connectivity index (χ1) is 19.3. The highest BCUT2D eigenvalue weighted by Crippen LogP contribution is 2.31. The summed E-state index contributed by atoms with van der Waals surface area (Å²) in [6.45, 7) is 9.75. The molecule has 0 radical (unpaired) electrons. The van der Waals surface area contributed by atoms with Crippen LogP contribution >= 0.6 is 0 Å². The lowest BCUT2D eigenvalue weighted by Crippen LogP contribution is -2.61. The summed E-state index contributed by atoms with van der Waals surface area (Å²) in [6.07, 6.45) is 0.725. The Morgan fingerprint density at radius 3 is 1.56 bits per heavy atom. The van der Waals surface area contributed by atoms with Gasteiger partial charge in [-0.15, -0.1) is 13.2 Å². The molecule has 3 aromatic carbocycles. The van der Waals surface area contributed by atoms with E-state index in [0.717, 1.165) is 16.7 Å². The number of rotatable bonds is 16. The summed E-state index contributed by atoms with van der Waals surface area (Å²) in [6, 6.07) is 30.0. The van der Waals surface area contributed by atoms with Crippen LogP contribution in [0.1, 0.15) is 16.7 Å². The van der Waals surface area contributed by atoms with Gasteiger partial charge in [-0.3, -0.25) is 0 Å². The smallest absolute Gasteiger partial charge is 0.187 e. The lowest BCUT2D eigenvalue weighted by atomic mass is 9.98. The van der Waals surface area contributed by atoms with Crippen LogP contribution in [0.2, 0.25) is 0 Å². The molecule has 0 amide bonds. The van der Waals surface area contributed by atoms with E-state index in [1.54, 1.807) is 12.2 Å². The van der Waals surface area contributed by atoms with Gasteiger partial charge < -0.3 is 28.4 Å². The molecule has 1 saturated heterocycles. The quantitative estimate of drug-likeness (QED) is 0.171. The average Bonchev–Trinajstić information content (AvgIpc) is 2.99. The molecule has 1 aliphatic rings. The molecule has 0 saturated carbocycles. The van der Waals surface area contributed by atoms with E-state index in [4.69, 9.17) is 28.4 Å². The number of hydrogen-bond acceptors (Lipinski definition) is 6. The standard InChI is InChI=1S/C33H38O6/c1-3-20-34-25-29-30(36-22-26-14-8-5-9-15-26)31(35-21-4-2)32(37-23-27-16-10-6-11-17-27)33(39-29)38-24-28-18-12-7-13-19-28/h3-19,29-33H,1-2,20-25H2/t29-,30+,31+,32-,33-/m1/s1. The molecule has 0 aromatic heterocycles. The Morgan fingerprint density at radius 1 is 0.564 bits per heavy atom. The van der Waals surface area contributed by atoms with Crippen LogP contribution < -0.4 is 0 Å². The Labute approximate surface area is 231 Å². The van der Waals surface area contributed by atoms with Crippen LogP contribution in [0.3, 0.4) is 0 Å². The van der Waals surface area contributed by atoms with Crippen molar-refractivity contribution in [2.45, 2.75) is 50.5 Å². The molecule has 0 N–H and O–H groups in total. The second kappa shape index (κ2) is 16.1. The van der Waals surface area contributed by atoms with Gasteiger partial charge in [0, 0.05) is 0 Å². The lowest BCUT2D eigenvalue weighted by molar-refractivity contribution is -0.327. The lowest BCUT2D eigenvalue weighted by Gasteiger charge is -2.45. The van der Waals surface area contributed by atoms with E-state index in [1.807, 2.05) is 91.0 Å². The molecular formula is C33H38O6. The molecule has 0 unspecified atom stereocenters. The van der Waals surface area contributed by atoms with Gasteiger partial charge in [-0.2, -0.15) is 0 Å². The largest absolute Gasteiger partial charge is 0.375 e. The van der Waals surface area contributed by atoms with Crippen molar-refractivity contribution in [1.82, 2.24) is 0 Å². The average molecular weight is 531 g/mol.